The van der Waals surface area contributed by atoms with Crippen molar-refractivity contribution in [2.75, 3.05) is 23.7 Å². The number of amides is 3. The van der Waals surface area contributed by atoms with Gasteiger partial charge >= 0.3 is 0 Å². The Balaban J connectivity index is 1.56. The SMILES string of the molecule is CCCCN1C[C@H](C(=O)Nc2ccc(C(=O)Nc3ccccc3C)cc2)CC1=O. The largest absolute Gasteiger partial charge is 0.342 e. The van der Waals surface area contributed by atoms with Crippen LogP contribution in [-0.2, 0) is 9.59 Å². The molecule has 3 amide bonds. The van der Waals surface area contributed by atoms with Crippen molar-refractivity contribution < 1.29 is 14.4 Å². The summed E-state index contributed by atoms with van der Waals surface area (Å²) < 4.78 is 0. The van der Waals surface area contributed by atoms with E-state index in [0.29, 0.717) is 24.3 Å². The summed E-state index contributed by atoms with van der Waals surface area (Å²) in [6.07, 6.45) is 2.23. The second-order valence-electron chi connectivity index (χ2n) is 7.43. The van der Waals surface area contributed by atoms with Crippen molar-refractivity contribution in [1.82, 2.24) is 4.90 Å². The van der Waals surface area contributed by atoms with Gasteiger partial charge in [0.05, 0.1) is 5.92 Å². The molecule has 0 aliphatic carbocycles. The fraction of sp³-hybridized carbons (Fsp3) is 0.348. The Kier molecular flexibility index (Phi) is 6.65. The number of benzene rings is 2. The maximum atomic E-state index is 12.5. The predicted octanol–water partition coefficient (Wildman–Crippen LogP) is 3.83. The van der Waals surface area contributed by atoms with Crippen LogP contribution >= 0.6 is 0 Å². The van der Waals surface area contributed by atoms with Crippen molar-refractivity contribution in [2.45, 2.75) is 33.1 Å². The number of hydrogen-bond acceptors (Lipinski definition) is 3. The molecule has 6 heteroatoms. The number of nitrogens with zero attached hydrogens (tertiary/aromatic N) is 1. The molecule has 1 aliphatic heterocycles. The Hall–Kier alpha value is -3.15. The van der Waals surface area contributed by atoms with Crippen LogP contribution in [0.15, 0.2) is 48.5 Å². The molecule has 0 radical (unpaired) electrons. The van der Waals surface area contributed by atoms with Crippen LogP contribution in [0.1, 0.15) is 42.1 Å². The molecule has 2 aromatic carbocycles. The molecule has 0 aromatic heterocycles. The molecular weight excluding hydrogens is 366 g/mol. The minimum atomic E-state index is -0.330. The summed E-state index contributed by atoms with van der Waals surface area (Å²) in [7, 11) is 0. The number of anilines is 2. The highest BCUT2D eigenvalue weighted by molar-refractivity contribution is 6.05. The van der Waals surface area contributed by atoms with E-state index in [1.165, 1.54) is 0 Å². The first-order chi connectivity index (χ1) is 14.0. The molecule has 6 nitrogen and oxygen atoms in total. The lowest BCUT2D eigenvalue weighted by Crippen LogP contribution is -2.29. The molecule has 1 atom stereocenters. The van der Waals surface area contributed by atoms with Crippen molar-refractivity contribution in [3.8, 4) is 0 Å². The Morgan fingerprint density at radius 2 is 1.79 bits per heavy atom. The number of unbranched alkanes of at least 4 members (excludes halogenated alkanes) is 1. The molecule has 0 unspecified atom stereocenters. The van der Waals surface area contributed by atoms with Crippen LogP contribution in [0.25, 0.3) is 0 Å². The van der Waals surface area contributed by atoms with E-state index < -0.39 is 0 Å². The zero-order valence-corrected chi connectivity index (χ0v) is 16.9. The minimum Gasteiger partial charge on any atom is -0.342 e. The normalized spacial score (nSPS) is 16.0. The molecule has 29 heavy (non-hydrogen) atoms. The number of carbonyl (C=O) groups excluding carboxylic acids is 3. The average Bonchev–Trinajstić information content (AvgIpc) is 3.09. The number of para-hydroxylation sites is 1. The van der Waals surface area contributed by atoms with Gasteiger partial charge in [-0.25, -0.2) is 0 Å². The van der Waals surface area contributed by atoms with Crippen molar-refractivity contribution >= 4 is 29.1 Å². The van der Waals surface area contributed by atoms with Gasteiger partial charge in [0.25, 0.3) is 5.91 Å². The van der Waals surface area contributed by atoms with E-state index in [1.54, 1.807) is 29.2 Å². The molecule has 2 N–H and O–H groups in total. The molecule has 1 saturated heterocycles. The van der Waals surface area contributed by atoms with Crippen LogP contribution < -0.4 is 10.6 Å². The van der Waals surface area contributed by atoms with Crippen molar-refractivity contribution in [1.29, 1.82) is 0 Å². The third kappa shape index (κ3) is 5.22. The quantitative estimate of drug-likeness (QED) is 0.750. The number of likely N-dealkylation sites (tertiary alicyclic amines) is 1. The van der Waals surface area contributed by atoms with E-state index in [0.717, 1.165) is 24.1 Å². The van der Waals surface area contributed by atoms with Gasteiger partial charge in [0, 0.05) is 36.4 Å². The highest BCUT2D eigenvalue weighted by atomic mass is 16.2. The van der Waals surface area contributed by atoms with E-state index in [9.17, 15) is 14.4 Å². The second-order valence-corrected chi connectivity index (χ2v) is 7.43. The standard InChI is InChI=1S/C23H27N3O3/c1-3-4-13-26-15-18(14-21(26)27)23(29)24-19-11-9-17(10-12-19)22(28)25-20-8-6-5-7-16(20)2/h5-12,18H,3-4,13-15H2,1-2H3,(H,24,29)(H,25,28)/t18-/m1/s1. The second kappa shape index (κ2) is 9.37. The molecule has 152 valence electrons. The van der Waals surface area contributed by atoms with Gasteiger partial charge in [0.1, 0.15) is 0 Å². The smallest absolute Gasteiger partial charge is 0.255 e. The molecule has 1 fully saturated rings. The predicted molar refractivity (Wildman–Crippen MR) is 114 cm³/mol. The van der Waals surface area contributed by atoms with Crippen LogP contribution in [0.2, 0.25) is 0 Å². The summed E-state index contributed by atoms with van der Waals surface area (Å²) in [4.78, 5) is 38.7. The van der Waals surface area contributed by atoms with E-state index in [-0.39, 0.29) is 30.1 Å². The van der Waals surface area contributed by atoms with E-state index >= 15 is 0 Å². The number of carbonyl (C=O) groups is 3. The van der Waals surface area contributed by atoms with Crippen LogP contribution in [0.5, 0.6) is 0 Å². The lowest BCUT2D eigenvalue weighted by atomic mass is 10.1. The fourth-order valence-corrected chi connectivity index (χ4v) is 3.37. The number of aryl methyl sites for hydroxylation is 1. The summed E-state index contributed by atoms with van der Waals surface area (Å²) >= 11 is 0. The zero-order valence-electron chi connectivity index (χ0n) is 16.9. The van der Waals surface area contributed by atoms with Crippen LogP contribution in [0.4, 0.5) is 11.4 Å². The molecule has 0 spiro atoms. The highest BCUT2D eigenvalue weighted by Gasteiger charge is 2.33. The molecular formula is C23H27N3O3. The molecule has 0 saturated carbocycles. The maximum absolute atomic E-state index is 12.5. The first-order valence-corrected chi connectivity index (χ1v) is 10.0. The van der Waals surface area contributed by atoms with Crippen molar-refractivity contribution in [3.63, 3.8) is 0 Å². The van der Waals surface area contributed by atoms with Gasteiger partial charge in [-0.2, -0.15) is 0 Å². The molecule has 1 aliphatic rings. The van der Waals surface area contributed by atoms with E-state index in [2.05, 4.69) is 17.6 Å². The molecule has 0 bridgehead atoms. The van der Waals surface area contributed by atoms with Gasteiger partial charge in [-0.05, 0) is 49.2 Å². The van der Waals surface area contributed by atoms with E-state index in [4.69, 9.17) is 0 Å². The first kappa shape index (κ1) is 20.6. The van der Waals surface area contributed by atoms with Gasteiger partial charge in [0.2, 0.25) is 11.8 Å². The maximum Gasteiger partial charge on any atom is 0.255 e. The summed E-state index contributed by atoms with van der Waals surface area (Å²) in [5, 5.41) is 5.75. The Morgan fingerprint density at radius 3 is 2.48 bits per heavy atom. The lowest BCUT2D eigenvalue weighted by molar-refractivity contribution is -0.128. The number of nitrogens with one attached hydrogen (secondary N) is 2. The number of rotatable bonds is 7. The summed E-state index contributed by atoms with van der Waals surface area (Å²) in [5.74, 6) is -0.648. The molecule has 3 rings (SSSR count). The molecule has 2 aromatic rings. The van der Waals surface area contributed by atoms with Gasteiger partial charge in [-0.1, -0.05) is 31.5 Å². The first-order valence-electron chi connectivity index (χ1n) is 10.0. The third-order valence-electron chi connectivity index (χ3n) is 5.17. The Morgan fingerprint density at radius 1 is 1.07 bits per heavy atom. The van der Waals surface area contributed by atoms with Gasteiger partial charge < -0.3 is 15.5 Å². The van der Waals surface area contributed by atoms with Gasteiger partial charge in [-0.15, -0.1) is 0 Å². The minimum absolute atomic E-state index is 0.0434. The van der Waals surface area contributed by atoms with Crippen molar-refractivity contribution in [2.24, 2.45) is 5.92 Å². The average molecular weight is 393 g/mol. The highest BCUT2D eigenvalue weighted by Crippen LogP contribution is 2.21. The van der Waals surface area contributed by atoms with E-state index in [1.807, 2.05) is 31.2 Å². The number of hydrogen-bond donors (Lipinski definition) is 2. The Bertz CT molecular complexity index is 892. The van der Waals surface area contributed by atoms with Crippen LogP contribution in [-0.4, -0.2) is 35.7 Å². The van der Waals surface area contributed by atoms with Gasteiger partial charge in [0.15, 0.2) is 0 Å². The van der Waals surface area contributed by atoms with Gasteiger partial charge in [-0.3, -0.25) is 14.4 Å². The zero-order chi connectivity index (χ0) is 20.8. The summed E-state index contributed by atoms with van der Waals surface area (Å²) in [6.45, 7) is 5.20. The third-order valence-corrected chi connectivity index (χ3v) is 5.17. The fourth-order valence-electron chi connectivity index (χ4n) is 3.37. The molecule has 1 heterocycles. The summed E-state index contributed by atoms with van der Waals surface area (Å²) in [5.41, 5.74) is 2.88. The van der Waals surface area contributed by atoms with Crippen molar-refractivity contribution in [3.05, 3.63) is 59.7 Å². The topological polar surface area (TPSA) is 78.5 Å². The summed E-state index contributed by atoms with van der Waals surface area (Å²) in [6, 6.07) is 14.3. The Labute approximate surface area is 171 Å². The lowest BCUT2D eigenvalue weighted by Gasteiger charge is -2.16. The monoisotopic (exact) mass is 393 g/mol. The van der Waals surface area contributed by atoms with Crippen LogP contribution in [0, 0.1) is 12.8 Å². The van der Waals surface area contributed by atoms with Crippen LogP contribution in [0.3, 0.4) is 0 Å².